The minimum Gasteiger partial charge on any atom is -0.496 e. The normalized spacial score (nSPS) is 12.0. The molecule has 5 nitrogen and oxygen atoms in total. The van der Waals surface area contributed by atoms with E-state index in [-0.39, 0.29) is 11.3 Å². The van der Waals surface area contributed by atoms with E-state index in [0.29, 0.717) is 33.9 Å². The van der Waals surface area contributed by atoms with Crippen molar-refractivity contribution >= 4 is 16.8 Å². The zero-order chi connectivity index (χ0) is 25.9. The number of ether oxygens (including phenoxy) is 2. The van der Waals surface area contributed by atoms with Crippen molar-refractivity contribution < 1.29 is 18.7 Å². The molecule has 0 saturated carbocycles. The number of carbonyl (C=O) groups is 1. The number of fused-ring (bicyclic) bond motifs is 1. The van der Waals surface area contributed by atoms with E-state index in [2.05, 4.69) is 26.0 Å². The summed E-state index contributed by atoms with van der Waals surface area (Å²) in [5, 5.41) is 0.553. The van der Waals surface area contributed by atoms with Crippen molar-refractivity contribution in [3.05, 3.63) is 69.6 Å². The third kappa shape index (κ3) is 6.99. The summed E-state index contributed by atoms with van der Waals surface area (Å²) >= 11 is 0. The van der Waals surface area contributed by atoms with Crippen LogP contribution in [-0.4, -0.2) is 20.0 Å². The highest BCUT2D eigenvalue weighted by atomic mass is 16.5. The van der Waals surface area contributed by atoms with Gasteiger partial charge < -0.3 is 13.9 Å². The Bertz CT molecular complexity index is 1180. The molecular formula is C31H40O5. The average Bonchev–Trinajstić information content (AvgIpc) is 2.90. The fraction of sp³-hybridized carbons (Fsp3) is 0.484. The maximum atomic E-state index is 13.3. The van der Waals surface area contributed by atoms with Gasteiger partial charge in [0, 0.05) is 17.7 Å². The summed E-state index contributed by atoms with van der Waals surface area (Å²) in [6.07, 6.45) is 12.4. The Morgan fingerprint density at radius 1 is 0.833 bits per heavy atom. The Morgan fingerprint density at radius 2 is 1.47 bits per heavy atom. The number of rotatable bonds is 15. The highest BCUT2D eigenvalue weighted by Gasteiger charge is 2.19. The van der Waals surface area contributed by atoms with Crippen molar-refractivity contribution in [1.82, 2.24) is 0 Å². The van der Waals surface area contributed by atoms with Crippen molar-refractivity contribution in [2.75, 3.05) is 14.2 Å². The van der Waals surface area contributed by atoms with Crippen LogP contribution in [0, 0.1) is 0 Å². The molecule has 3 aromatic rings. The minimum atomic E-state index is -0.670. The number of unbranched alkanes of at least 4 members (excludes halogenated alkanes) is 6. The van der Waals surface area contributed by atoms with E-state index in [0.717, 1.165) is 0 Å². The molecule has 2 aromatic carbocycles. The monoisotopic (exact) mass is 492 g/mol. The fourth-order valence-corrected chi connectivity index (χ4v) is 4.78. The third-order valence-corrected chi connectivity index (χ3v) is 6.95. The molecular weight excluding hydrogens is 452 g/mol. The van der Waals surface area contributed by atoms with Crippen LogP contribution in [0.3, 0.4) is 0 Å². The first-order valence-electron chi connectivity index (χ1n) is 13.4. The van der Waals surface area contributed by atoms with E-state index in [1.54, 1.807) is 18.2 Å². The zero-order valence-corrected chi connectivity index (χ0v) is 22.2. The quantitative estimate of drug-likeness (QED) is 0.122. The summed E-state index contributed by atoms with van der Waals surface area (Å²) in [6, 6.07) is 12.7. The zero-order valence-electron chi connectivity index (χ0n) is 22.2. The van der Waals surface area contributed by atoms with Gasteiger partial charge in [0.1, 0.15) is 22.6 Å². The lowest BCUT2D eigenvalue weighted by Crippen LogP contribution is -2.15. The molecule has 0 radical (unpaired) electrons. The van der Waals surface area contributed by atoms with Crippen molar-refractivity contribution in [2.24, 2.45) is 0 Å². The van der Waals surface area contributed by atoms with Crippen LogP contribution >= 0.6 is 0 Å². The summed E-state index contributed by atoms with van der Waals surface area (Å²) in [5.74, 6) is 1.15. The van der Waals surface area contributed by atoms with Gasteiger partial charge in [-0.05, 0) is 30.4 Å². The molecule has 0 fully saturated rings. The molecule has 0 amide bonds. The van der Waals surface area contributed by atoms with Crippen LogP contribution in [-0.2, 0) is 0 Å². The topological polar surface area (TPSA) is 65.7 Å². The van der Waals surface area contributed by atoms with Crippen LogP contribution in [0.1, 0.15) is 105 Å². The maximum Gasteiger partial charge on any atom is 0.347 e. The van der Waals surface area contributed by atoms with E-state index in [9.17, 15) is 9.59 Å². The number of carbonyl (C=O) groups excluding carboxylic acids is 1. The minimum absolute atomic E-state index is 0.00543. The van der Waals surface area contributed by atoms with Gasteiger partial charge in [-0.15, -0.1) is 0 Å². The number of ketones is 1. The van der Waals surface area contributed by atoms with Crippen LogP contribution in [0.5, 0.6) is 11.5 Å². The Labute approximate surface area is 214 Å². The average molecular weight is 493 g/mol. The molecule has 0 aliphatic heterocycles. The van der Waals surface area contributed by atoms with Crippen LogP contribution in [0.2, 0.25) is 0 Å². The molecule has 0 bridgehead atoms. The van der Waals surface area contributed by atoms with Crippen molar-refractivity contribution in [3.8, 4) is 11.5 Å². The molecule has 1 atom stereocenters. The first-order chi connectivity index (χ1) is 17.5. The summed E-state index contributed by atoms with van der Waals surface area (Å²) in [6.45, 7) is 4.47. The molecule has 1 heterocycles. The van der Waals surface area contributed by atoms with Gasteiger partial charge in [-0.2, -0.15) is 0 Å². The molecule has 1 aromatic heterocycles. The fourth-order valence-electron chi connectivity index (χ4n) is 4.78. The summed E-state index contributed by atoms with van der Waals surface area (Å²) in [5.41, 5.74) is 1.40. The summed E-state index contributed by atoms with van der Waals surface area (Å²) < 4.78 is 16.2. The van der Waals surface area contributed by atoms with Crippen molar-refractivity contribution in [1.29, 1.82) is 0 Å². The number of methoxy groups -OCH3 is 2. The van der Waals surface area contributed by atoms with Crippen molar-refractivity contribution in [2.45, 2.75) is 84.0 Å². The molecule has 36 heavy (non-hydrogen) atoms. The maximum absolute atomic E-state index is 13.3. The predicted octanol–water partition coefficient (Wildman–Crippen LogP) is 8.07. The second-order valence-corrected chi connectivity index (χ2v) is 9.54. The van der Waals surface area contributed by atoms with E-state index in [1.807, 2.05) is 12.1 Å². The SMILES string of the molecule is CCCCCCCC(CCCCC)c1ccc(C(=O)c2cc3c(OC)cc(OC)cc3oc2=O)cc1. The largest absolute Gasteiger partial charge is 0.496 e. The number of hydrogen-bond donors (Lipinski definition) is 0. The standard InChI is InChI=1S/C31H40O5/c1-5-7-9-10-12-14-22(13-11-8-6-2)23-15-17-24(18-16-23)30(32)27-21-26-28(35-4)19-25(34-3)20-29(26)36-31(27)33/h15-22H,5-14H2,1-4H3. The van der Waals surface area contributed by atoms with Crippen molar-refractivity contribution in [3.63, 3.8) is 0 Å². The van der Waals surface area contributed by atoms with Gasteiger partial charge in [0.2, 0.25) is 0 Å². The van der Waals surface area contributed by atoms with Gasteiger partial charge in [0.15, 0.2) is 5.78 Å². The lowest BCUT2D eigenvalue weighted by atomic mass is 9.87. The molecule has 0 saturated heterocycles. The van der Waals surface area contributed by atoms with E-state index >= 15 is 0 Å². The van der Waals surface area contributed by atoms with Gasteiger partial charge in [-0.3, -0.25) is 4.79 Å². The number of hydrogen-bond acceptors (Lipinski definition) is 5. The second-order valence-electron chi connectivity index (χ2n) is 9.54. The van der Waals surface area contributed by atoms with Gasteiger partial charge in [0.25, 0.3) is 0 Å². The molecule has 194 valence electrons. The Balaban J connectivity index is 1.82. The van der Waals surface area contributed by atoms with Crippen LogP contribution in [0.4, 0.5) is 0 Å². The van der Waals surface area contributed by atoms with Gasteiger partial charge in [-0.25, -0.2) is 4.79 Å². The Kier molecular flexibility index (Phi) is 10.6. The first kappa shape index (κ1) is 27.5. The Hall–Kier alpha value is -3.08. The lowest BCUT2D eigenvalue weighted by molar-refractivity contribution is 0.103. The van der Waals surface area contributed by atoms with E-state index < -0.39 is 5.63 Å². The molecule has 0 aliphatic carbocycles. The number of benzene rings is 2. The summed E-state index contributed by atoms with van der Waals surface area (Å²) in [4.78, 5) is 26.0. The molecule has 1 unspecified atom stereocenters. The summed E-state index contributed by atoms with van der Waals surface area (Å²) in [7, 11) is 3.06. The molecule has 0 aliphatic rings. The first-order valence-corrected chi connectivity index (χ1v) is 13.4. The van der Waals surface area contributed by atoms with Crippen LogP contribution < -0.4 is 15.1 Å². The predicted molar refractivity (Wildman–Crippen MR) is 146 cm³/mol. The van der Waals surface area contributed by atoms with Crippen LogP contribution in [0.15, 0.2) is 51.7 Å². The van der Waals surface area contributed by atoms with Gasteiger partial charge >= 0.3 is 5.63 Å². The highest BCUT2D eigenvalue weighted by Crippen LogP contribution is 2.32. The smallest absolute Gasteiger partial charge is 0.347 e. The second kappa shape index (κ2) is 13.9. The molecule has 0 spiro atoms. The van der Waals surface area contributed by atoms with Crippen LogP contribution in [0.25, 0.3) is 11.0 Å². The molecule has 3 rings (SSSR count). The third-order valence-electron chi connectivity index (χ3n) is 6.95. The van der Waals surface area contributed by atoms with E-state index in [1.165, 1.54) is 84.0 Å². The lowest BCUT2D eigenvalue weighted by Gasteiger charge is -2.18. The van der Waals surface area contributed by atoms with Gasteiger partial charge in [-0.1, -0.05) is 89.5 Å². The molecule has 0 N–H and O–H groups in total. The molecule has 5 heteroatoms. The highest BCUT2D eigenvalue weighted by molar-refractivity contribution is 6.10. The van der Waals surface area contributed by atoms with E-state index in [4.69, 9.17) is 13.9 Å². The van der Waals surface area contributed by atoms with Gasteiger partial charge in [0.05, 0.1) is 19.6 Å². The Morgan fingerprint density at radius 3 is 2.11 bits per heavy atom.